The molecule has 0 aliphatic carbocycles. The quantitative estimate of drug-likeness (QED) is 0.262. The number of halogens is 1. The highest BCUT2D eigenvalue weighted by molar-refractivity contribution is 7.98. The van der Waals surface area contributed by atoms with Gasteiger partial charge in [0.2, 0.25) is 0 Å². The zero-order chi connectivity index (χ0) is 21.6. The van der Waals surface area contributed by atoms with E-state index in [4.69, 9.17) is 21.3 Å². The Morgan fingerprint density at radius 1 is 1.16 bits per heavy atom. The molecule has 0 radical (unpaired) electrons. The van der Waals surface area contributed by atoms with Gasteiger partial charge in [0.05, 0.1) is 23.3 Å². The predicted octanol–water partition coefficient (Wildman–Crippen LogP) is 6.24. The van der Waals surface area contributed by atoms with Crippen LogP contribution in [0.5, 0.6) is 0 Å². The van der Waals surface area contributed by atoms with Crippen LogP contribution < -0.4 is 5.56 Å². The summed E-state index contributed by atoms with van der Waals surface area (Å²) in [4.78, 5) is 20.7. The van der Waals surface area contributed by atoms with Crippen LogP contribution in [0.4, 0.5) is 0 Å². The second-order valence-corrected chi connectivity index (χ2v) is 10.7. The van der Waals surface area contributed by atoms with Crippen molar-refractivity contribution in [1.82, 2.24) is 9.55 Å². The van der Waals surface area contributed by atoms with Crippen molar-refractivity contribution < 1.29 is 4.74 Å². The lowest BCUT2D eigenvalue weighted by atomic mass is 9.94. The van der Waals surface area contributed by atoms with Crippen LogP contribution >= 0.6 is 34.7 Å². The van der Waals surface area contributed by atoms with Crippen LogP contribution in [0.2, 0.25) is 5.02 Å². The van der Waals surface area contributed by atoms with Crippen molar-refractivity contribution in [3.63, 3.8) is 0 Å². The average Bonchev–Trinajstić information content (AvgIpc) is 3.10. The Hall–Kier alpha value is -2.12. The highest BCUT2D eigenvalue weighted by Crippen LogP contribution is 2.38. The minimum Gasteiger partial charge on any atom is -0.370 e. The summed E-state index contributed by atoms with van der Waals surface area (Å²) in [5.74, 6) is 0.698. The summed E-state index contributed by atoms with van der Waals surface area (Å²) in [5, 5.41) is 2.14. The molecular formula is C24H21ClN2O2S2. The molecule has 0 saturated heterocycles. The molecule has 0 amide bonds. The van der Waals surface area contributed by atoms with Crippen molar-refractivity contribution in [2.75, 3.05) is 0 Å². The monoisotopic (exact) mass is 468 g/mol. The fourth-order valence-corrected chi connectivity index (χ4v) is 6.04. The van der Waals surface area contributed by atoms with Gasteiger partial charge in [-0.15, -0.1) is 11.3 Å². The number of aromatic nitrogens is 2. The van der Waals surface area contributed by atoms with E-state index in [0.29, 0.717) is 29.0 Å². The average molecular weight is 469 g/mol. The van der Waals surface area contributed by atoms with Gasteiger partial charge in [0, 0.05) is 22.1 Å². The molecule has 0 spiro atoms. The fraction of sp³-hybridized carbons (Fsp3) is 0.250. The maximum absolute atomic E-state index is 13.8. The van der Waals surface area contributed by atoms with Crippen LogP contribution in [-0.2, 0) is 23.5 Å². The summed E-state index contributed by atoms with van der Waals surface area (Å²) >= 11 is 9.15. The van der Waals surface area contributed by atoms with Crippen LogP contribution in [0.25, 0.3) is 15.9 Å². The van der Waals surface area contributed by atoms with Gasteiger partial charge in [-0.2, -0.15) is 0 Å². The van der Waals surface area contributed by atoms with Gasteiger partial charge in [0.15, 0.2) is 5.16 Å². The van der Waals surface area contributed by atoms with Gasteiger partial charge in [-0.3, -0.25) is 9.36 Å². The normalized spacial score (nSPS) is 15.2. The highest BCUT2D eigenvalue weighted by Gasteiger charge is 2.31. The van der Waals surface area contributed by atoms with Crippen molar-refractivity contribution in [3.05, 3.63) is 86.0 Å². The summed E-state index contributed by atoms with van der Waals surface area (Å²) in [7, 11) is 0. The van der Waals surface area contributed by atoms with Crippen molar-refractivity contribution in [1.29, 1.82) is 0 Å². The number of ether oxygens (including phenoxy) is 1. The lowest BCUT2D eigenvalue weighted by Gasteiger charge is -2.29. The van der Waals surface area contributed by atoms with E-state index in [1.165, 1.54) is 0 Å². The Bertz CT molecular complexity index is 1310. The minimum atomic E-state index is -0.285. The molecule has 0 saturated carbocycles. The summed E-state index contributed by atoms with van der Waals surface area (Å²) < 4.78 is 7.73. The molecule has 0 N–H and O–H groups in total. The first-order chi connectivity index (χ1) is 14.9. The first-order valence-corrected chi connectivity index (χ1v) is 12.2. The molecule has 3 heterocycles. The Labute approximate surface area is 193 Å². The third-order valence-electron chi connectivity index (χ3n) is 5.37. The van der Waals surface area contributed by atoms with Gasteiger partial charge in [-0.25, -0.2) is 4.98 Å². The van der Waals surface area contributed by atoms with E-state index in [9.17, 15) is 4.79 Å². The number of fused-ring (bicyclic) bond motifs is 3. The Morgan fingerprint density at radius 3 is 2.65 bits per heavy atom. The number of para-hydroxylation sites is 1. The molecule has 0 bridgehead atoms. The van der Waals surface area contributed by atoms with E-state index in [1.54, 1.807) is 27.7 Å². The van der Waals surface area contributed by atoms with Gasteiger partial charge >= 0.3 is 0 Å². The van der Waals surface area contributed by atoms with E-state index < -0.39 is 0 Å². The van der Waals surface area contributed by atoms with Gasteiger partial charge in [-0.1, -0.05) is 53.7 Å². The molecule has 5 rings (SSSR count). The molecule has 0 fully saturated rings. The smallest absolute Gasteiger partial charge is 0.267 e. The van der Waals surface area contributed by atoms with Gasteiger partial charge in [0.25, 0.3) is 5.56 Å². The number of benzene rings is 2. The molecule has 2 aromatic heterocycles. The highest BCUT2D eigenvalue weighted by atomic mass is 35.5. The number of nitrogens with zero attached hydrogens (tertiary/aromatic N) is 2. The SMILES string of the molecule is CC1(C)Cc2c(sc3nc(SCc4ccc(Cl)cc4)n(-c4ccccc4)c(=O)c23)CO1. The predicted molar refractivity (Wildman–Crippen MR) is 129 cm³/mol. The molecule has 158 valence electrons. The molecule has 1 aliphatic heterocycles. The van der Waals surface area contributed by atoms with E-state index in [0.717, 1.165) is 31.9 Å². The second kappa shape index (κ2) is 8.10. The molecule has 2 aromatic carbocycles. The van der Waals surface area contributed by atoms with Crippen molar-refractivity contribution >= 4 is 44.9 Å². The molecule has 0 atom stereocenters. The summed E-state index contributed by atoms with van der Waals surface area (Å²) in [5.41, 5.74) is 2.75. The maximum Gasteiger partial charge on any atom is 0.267 e. The van der Waals surface area contributed by atoms with E-state index in [1.807, 2.05) is 54.6 Å². The van der Waals surface area contributed by atoms with Crippen LogP contribution in [0, 0.1) is 0 Å². The number of rotatable bonds is 4. The van der Waals surface area contributed by atoms with Crippen LogP contribution in [0.1, 0.15) is 29.9 Å². The van der Waals surface area contributed by atoms with E-state index >= 15 is 0 Å². The largest absolute Gasteiger partial charge is 0.370 e. The molecular weight excluding hydrogens is 448 g/mol. The lowest BCUT2D eigenvalue weighted by Crippen LogP contribution is -2.32. The van der Waals surface area contributed by atoms with Crippen LogP contribution in [-0.4, -0.2) is 15.2 Å². The maximum atomic E-state index is 13.8. The Kier molecular flexibility index (Phi) is 5.42. The van der Waals surface area contributed by atoms with Crippen LogP contribution in [0.15, 0.2) is 64.5 Å². The standard InChI is InChI=1S/C24H21ClN2O2S2/c1-24(2)12-18-19(13-29-24)31-21-20(18)22(28)27(17-6-4-3-5-7-17)23(26-21)30-14-15-8-10-16(25)11-9-15/h3-11H,12-14H2,1-2H3. The van der Waals surface area contributed by atoms with E-state index in [-0.39, 0.29) is 11.2 Å². The minimum absolute atomic E-state index is 0.00925. The van der Waals surface area contributed by atoms with E-state index in [2.05, 4.69) is 13.8 Å². The first-order valence-electron chi connectivity index (χ1n) is 10.1. The zero-order valence-electron chi connectivity index (χ0n) is 17.2. The topological polar surface area (TPSA) is 44.1 Å². The fourth-order valence-electron chi connectivity index (χ4n) is 3.80. The lowest BCUT2D eigenvalue weighted by molar-refractivity contribution is -0.0379. The molecule has 7 heteroatoms. The number of hydrogen-bond acceptors (Lipinski definition) is 5. The molecule has 1 aliphatic rings. The molecule has 4 nitrogen and oxygen atoms in total. The Morgan fingerprint density at radius 2 is 1.90 bits per heavy atom. The second-order valence-electron chi connectivity index (χ2n) is 8.19. The number of thioether (sulfide) groups is 1. The zero-order valence-corrected chi connectivity index (χ0v) is 19.6. The molecule has 31 heavy (non-hydrogen) atoms. The number of hydrogen-bond donors (Lipinski definition) is 0. The first kappa shape index (κ1) is 20.8. The third kappa shape index (κ3) is 4.05. The van der Waals surface area contributed by atoms with Gasteiger partial charge < -0.3 is 4.74 Å². The van der Waals surface area contributed by atoms with Crippen molar-refractivity contribution in [2.45, 2.75) is 43.4 Å². The van der Waals surface area contributed by atoms with Crippen molar-refractivity contribution in [2.24, 2.45) is 0 Å². The molecule has 4 aromatic rings. The molecule has 0 unspecified atom stereocenters. The van der Waals surface area contributed by atoms with Crippen molar-refractivity contribution in [3.8, 4) is 5.69 Å². The summed E-state index contributed by atoms with van der Waals surface area (Å²) in [6.07, 6.45) is 0.714. The summed E-state index contributed by atoms with van der Waals surface area (Å²) in [6.45, 7) is 4.67. The van der Waals surface area contributed by atoms with Crippen LogP contribution in [0.3, 0.4) is 0 Å². The summed E-state index contributed by atoms with van der Waals surface area (Å²) in [6, 6.07) is 17.5. The van der Waals surface area contributed by atoms with Gasteiger partial charge in [-0.05, 0) is 49.2 Å². The Balaban J connectivity index is 1.65. The third-order valence-corrected chi connectivity index (χ3v) is 7.73. The number of thiophene rings is 1. The van der Waals surface area contributed by atoms with Gasteiger partial charge in [0.1, 0.15) is 4.83 Å².